The van der Waals surface area contributed by atoms with Crippen LogP contribution in [-0.4, -0.2) is 11.1 Å². The van der Waals surface area contributed by atoms with Gasteiger partial charge in [0, 0.05) is 0 Å². The summed E-state index contributed by atoms with van der Waals surface area (Å²) >= 11 is 0. The van der Waals surface area contributed by atoms with Crippen LogP contribution in [0.2, 0.25) is 0 Å². The van der Waals surface area contributed by atoms with Gasteiger partial charge in [-0.2, -0.15) is 0 Å². The summed E-state index contributed by atoms with van der Waals surface area (Å²) in [5.41, 5.74) is 1.17. The molecule has 0 aromatic carbocycles. The lowest BCUT2D eigenvalue weighted by Gasteiger charge is -2.16. The van der Waals surface area contributed by atoms with Gasteiger partial charge in [0.25, 0.3) is 0 Å². The third kappa shape index (κ3) is 3.17. The number of rotatable bonds is 3. The van der Waals surface area contributed by atoms with Crippen LogP contribution in [0.4, 0.5) is 0 Å². The fourth-order valence-electron chi connectivity index (χ4n) is 2.13. The van der Waals surface area contributed by atoms with Crippen LogP contribution < -0.4 is 0 Å². The number of allylic oxidation sites excluding steroid dienone is 1. The highest BCUT2D eigenvalue weighted by molar-refractivity contribution is 5.73. The average molecular weight is 196 g/mol. The zero-order valence-corrected chi connectivity index (χ0v) is 8.96. The largest absolute Gasteiger partial charge is 0.481 e. The van der Waals surface area contributed by atoms with Crippen molar-refractivity contribution in [2.75, 3.05) is 0 Å². The summed E-state index contributed by atoms with van der Waals surface area (Å²) in [5.74, 6) is -0.882. The van der Waals surface area contributed by atoms with E-state index in [2.05, 4.69) is 6.08 Å². The molecule has 0 heterocycles. The Balaban J connectivity index is 2.65. The molecule has 2 heteroatoms. The van der Waals surface area contributed by atoms with Gasteiger partial charge in [0.05, 0.1) is 5.92 Å². The minimum Gasteiger partial charge on any atom is -0.481 e. The van der Waals surface area contributed by atoms with Gasteiger partial charge in [0.2, 0.25) is 0 Å². The Kier molecular flexibility index (Phi) is 4.71. The van der Waals surface area contributed by atoms with Gasteiger partial charge in [-0.25, -0.2) is 0 Å². The highest BCUT2D eigenvalue weighted by Gasteiger charge is 2.19. The third-order valence-corrected chi connectivity index (χ3v) is 2.98. The van der Waals surface area contributed by atoms with Crippen LogP contribution in [0.5, 0.6) is 0 Å². The molecule has 1 unspecified atom stereocenters. The van der Waals surface area contributed by atoms with E-state index in [1.807, 2.05) is 6.92 Å². The van der Waals surface area contributed by atoms with Crippen molar-refractivity contribution in [3.05, 3.63) is 11.6 Å². The number of hydrogen-bond acceptors (Lipinski definition) is 1. The van der Waals surface area contributed by atoms with Crippen LogP contribution in [0.3, 0.4) is 0 Å². The Morgan fingerprint density at radius 1 is 1.43 bits per heavy atom. The first-order valence-corrected chi connectivity index (χ1v) is 5.67. The number of aliphatic carboxylic acids is 1. The van der Waals surface area contributed by atoms with E-state index in [1.54, 1.807) is 0 Å². The maximum absolute atomic E-state index is 11.0. The van der Waals surface area contributed by atoms with Crippen molar-refractivity contribution >= 4 is 5.97 Å². The van der Waals surface area contributed by atoms with Crippen molar-refractivity contribution in [2.45, 2.75) is 51.9 Å². The standard InChI is InChI=1S/C12H20O2/c1-2-11(12(13)14)10-8-6-4-3-5-7-9-10/h8,11H,2-7,9H2,1H3,(H,13,14). The number of carboxylic acid groups (broad SMARTS) is 1. The molecule has 0 aliphatic heterocycles. The zero-order valence-electron chi connectivity index (χ0n) is 8.96. The summed E-state index contributed by atoms with van der Waals surface area (Å²) in [5, 5.41) is 9.05. The molecule has 0 radical (unpaired) electrons. The van der Waals surface area contributed by atoms with E-state index in [4.69, 9.17) is 5.11 Å². The first-order valence-electron chi connectivity index (χ1n) is 5.67. The first-order chi connectivity index (χ1) is 6.75. The molecule has 0 aromatic rings. The maximum atomic E-state index is 11.0. The molecule has 0 spiro atoms. The van der Waals surface area contributed by atoms with Gasteiger partial charge >= 0.3 is 5.97 Å². The van der Waals surface area contributed by atoms with Crippen molar-refractivity contribution < 1.29 is 9.90 Å². The summed E-state index contributed by atoms with van der Waals surface area (Å²) in [6, 6.07) is 0. The maximum Gasteiger partial charge on any atom is 0.310 e. The van der Waals surface area contributed by atoms with E-state index in [0.29, 0.717) is 0 Å². The molecule has 0 aromatic heterocycles. The van der Waals surface area contributed by atoms with Crippen LogP contribution in [0.1, 0.15) is 51.9 Å². The minimum absolute atomic E-state index is 0.229. The average Bonchev–Trinajstić information content (AvgIpc) is 2.08. The fourth-order valence-corrected chi connectivity index (χ4v) is 2.13. The van der Waals surface area contributed by atoms with Crippen LogP contribution >= 0.6 is 0 Å². The molecule has 1 N–H and O–H groups in total. The van der Waals surface area contributed by atoms with Gasteiger partial charge in [0.15, 0.2) is 0 Å². The molecule has 14 heavy (non-hydrogen) atoms. The van der Waals surface area contributed by atoms with Crippen LogP contribution in [-0.2, 0) is 4.79 Å². The quantitative estimate of drug-likeness (QED) is 0.702. The molecule has 0 fully saturated rings. The second kappa shape index (κ2) is 5.84. The summed E-state index contributed by atoms with van der Waals surface area (Å²) in [7, 11) is 0. The molecule has 0 bridgehead atoms. The number of carboxylic acids is 1. The topological polar surface area (TPSA) is 37.3 Å². The van der Waals surface area contributed by atoms with Gasteiger partial charge in [0.1, 0.15) is 0 Å². The molecule has 1 aliphatic carbocycles. The van der Waals surface area contributed by atoms with Crippen molar-refractivity contribution in [2.24, 2.45) is 5.92 Å². The molecule has 1 aliphatic rings. The van der Waals surface area contributed by atoms with Gasteiger partial charge in [-0.05, 0) is 32.1 Å². The highest BCUT2D eigenvalue weighted by Crippen LogP contribution is 2.25. The summed E-state index contributed by atoms with van der Waals surface area (Å²) < 4.78 is 0. The smallest absolute Gasteiger partial charge is 0.310 e. The number of carbonyl (C=O) groups is 1. The van der Waals surface area contributed by atoms with E-state index >= 15 is 0 Å². The molecule has 80 valence electrons. The molecular weight excluding hydrogens is 176 g/mol. The van der Waals surface area contributed by atoms with Gasteiger partial charge in [-0.1, -0.05) is 31.4 Å². The molecule has 1 atom stereocenters. The van der Waals surface area contributed by atoms with E-state index in [0.717, 1.165) is 25.7 Å². The zero-order chi connectivity index (χ0) is 10.4. The van der Waals surface area contributed by atoms with Gasteiger partial charge < -0.3 is 5.11 Å². The monoisotopic (exact) mass is 196 g/mol. The fraction of sp³-hybridized carbons (Fsp3) is 0.750. The SMILES string of the molecule is CCC(C(=O)O)C1=CCCCCCC1. The Labute approximate surface area is 86.0 Å². The second-order valence-corrected chi connectivity index (χ2v) is 4.03. The summed E-state index contributed by atoms with van der Waals surface area (Å²) in [6.45, 7) is 1.96. The Morgan fingerprint density at radius 3 is 2.79 bits per heavy atom. The van der Waals surface area contributed by atoms with Crippen molar-refractivity contribution in [3.63, 3.8) is 0 Å². The molecule has 0 amide bonds. The van der Waals surface area contributed by atoms with E-state index < -0.39 is 5.97 Å². The Morgan fingerprint density at radius 2 is 2.14 bits per heavy atom. The molecule has 1 rings (SSSR count). The summed E-state index contributed by atoms with van der Waals surface area (Å²) in [4.78, 5) is 11.0. The lowest BCUT2D eigenvalue weighted by Crippen LogP contribution is -2.15. The van der Waals surface area contributed by atoms with Crippen molar-refractivity contribution in [1.82, 2.24) is 0 Å². The first kappa shape index (κ1) is 11.3. The van der Waals surface area contributed by atoms with Crippen LogP contribution in [0.15, 0.2) is 11.6 Å². The Bertz CT molecular complexity index is 218. The molecular formula is C12H20O2. The van der Waals surface area contributed by atoms with E-state index in [-0.39, 0.29) is 5.92 Å². The van der Waals surface area contributed by atoms with Gasteiger partial charge in [-0.3, -0.25) is 4.79 Å². The van der Waals surface area contributed by atoms with Gasteiger partial charge in [-0.15, -0.1) is 0 Å². The predicted octanol–water partition coefficient (Wildman–Crippen LogP) is 3.38. The van der Waals surface area contributed by atoms with Crippen molar-refractivity contribution in [3.8, 4) is 0 Å². The van der Waals surface area contributed by atoms with E-state index in [9.17, 15) is 4.79 Å². The highest BCUT2D eigenvalue weighted by atomic mass is 16.4. The third-order valence-electron chi connectivity index (χ3n) is 2.98. The van der Waals surface area contributed by atoms with Crippen molar-refractivity contribution in [1.29, 1.82) is 0 Å². The normalized spacial score (nSPS) is 20.5. The molecule has 0 saturated carbocycles. The van der Waals surface area contributed by atoms with Crippen LogP contribution in [0.25, 0.3) is 0 Å². The second-order valence-electron chi connectivity index (χ2n) is 4.03. The Hall–Kier alpha value is -0.790. The summed E-state index contributed by atoms with van der Waals surface area (Å²) in [6.07, 6.45) is 9.89. The van der Waals surface area contributed by atoms with E-state index in [1.165, 1.54) is 24.8 Å². The number of hydrogen-bond donors (Lipinski definition) is 1. The molecule has 0 saturated heterocycles. The molecule has 2 nitrogen and oxygen atoms in total. The lowest BCUT2D eigenvalue weighted by atomic mass is 9.89. The predicted molar refractivity (Wildman–Crippen MR) is 57.2 cm³/mol. The lowest BCUT2D eigenvalue weighted by molar-refractivity contribution is -0.140. The van der Waals surface area contributed by atoms with Crippen LogP contribution in [0, 0.1) is 5.92 Å². The minimum atomic E-state index is -0.653.